The van der Waals surface area contributed by atoms with E-state index in [2.05, 4.69) is 15.3 Å². The molecule has 2 aromatic heterocycles. The van der Waals surface area contributed by atoms with Gasteiger partial charge in [0.15, 0.2) is 11.5 Å². The smallest absolute Gasteiger partial charge is 0.246 e. The fraction of sp³-hybridized carbons (Fsp3) is 0.227. The van der Waals surface area contributed by atoms with Crippen molar-refractivity contribution >= 4 is 22.9 Å². The van der Waals surface area contributed by atoms with Gasteiger partial charge in [0, 0.05) is 24.7 Å². The van der Waals surface area contributed by atoms with E-state index in [-0.39, 0.29) is 18.3 Å². The Morgan fingerprint density at radius 1 is 1.16 bits per heavy atom. The Morgan fingerprint density at radius 3 is 2.61 bits per heavy atom. The summed E-state index contributed by atoms with van der Waals surface area (Å²) >= 11 is 0. The summed E-state index contributed by atoms with van der Waals surface area (Å²) in [5.41, 5.74) is 3.11. The molecule has 158 valence electrons. The van der Waals surface area contributed by atoms with Crippen LogP contribution in [-0.4, -0.2) is 38.2 Å². The van der Waals surface area contributed by atoms with E-state index in [0.29, 0.717) is 36.5 Å². The molecular formula is C22H20FN5O3. The van der Waals surface area contributed by atoms with Crippen molar-refractivity contribution in [1.29, 1.82) is 0 Å². The van der Waals surface area contributed by atoms with E-state index in [1.54, 1.807) is 29.9 Å². The lowest BCUT2D eigenvalue weighted by Crippen LogP contribution is -2.21. The average Bonchev–Trinajstić information content (AvgIpc) is 3.26. The molecule has 31 heavy (non-hydrogen) atoms. The minimum absolute atomic E-state index is 0.0702. The van der Waals surface area contributed by atoms with E-state index < -0.39 is 0 Å². The highest BCUT2D eigenvalue weighted by atomic mass is 19.1. The summed E-state index contributed by atoms with van der Waals surface area (Å²) in [6.07, 6.45) is 1.64. The predicted octanol–water partition coefficient (Wildman–Crippen LogP) is 3.29. The Hall–Kier alpha value is -3.88. The summed E-state index contributed by atoms with van der Waals surface area (Å²) in [5, 5.41) is 2.84. The summed E-state index contributed by atoms with van der Waals surface area (Å²) in [6.45, 7) is 2.91. The van der Waals surface area contributed by atoms with Gasteiger partial charge >= 0.3 is 0 Å². The molecule has 8 nitrogen and oxygen atoms in total. The van der Waals surface area contributed by atoms with Crippen LogP contribution in [0.5, 0.6) is 11.5 Å². The molecule has 0 unspecified atom stereocenters. The molecule has 4 aromatic rings. The number of halogens is 1. The number of aryl methyl sites for hydroxylation is 1. The first kappa shape index (κ1) is 19.1. The summed E-state index contributed by atoms with van der Waals surface area (Å²) < 4.78 is 28.1. The lowest BCUT2D eigenvalue weighted by Gasteiger charge is -2.18. The molecule has 1 N–H and O–H groups in total. The van der Waals surface area contributed by atoms with Crippen LogP contribution in [0.2, 0.25) is 0 Å². The number of nitrogens with zero attached hydrogens (tertiary/aromatic N) is 4. The molecule has 5 rings (SSSR count). The maximum absolute atomic E-state index is 13.2. The van der Waals surface area contributed by atoms with Crippen molar-refractivity contribution in [2.24, 2.45) is 7.05 Å². The molecule has 1 aliphatic heterocycles. The van der Waals surface area contributed by atoms with Gasteiger partial charge in [-0.15, -0.1) is 0 Å². The number of amides is 1. The second-order valence-electron chi connectivity index (χ2n) is 7.31. The van der Waals surface area contributed by atoms with Crippen molar-refractivity contribution in [3.63, 3.8) is 0 Å². The van der Waals surface area contributed by atoms with Gasteiger partial charge in [-0.3, -0.25) is 10.1 Å². The summed E-state index contributed by atoms with van der Waals surface area (Å²) in [4.78, 5) is 21.6. The third-order valence-corrected chi connectivity index (χ3v) is 5.28. The third-order valence-electron chi connectivity index (χ3n) is 5.28. The number of nitrogens with one attached hydrogen (secondary N) is 1. The maximum Gasteiger partial charge on any atom is 0.246 e. The molecule has 0 atom stereocenters. The normalized spacial score (nSPS) is 12.9. The summed E-state index contributed by atoms with van der Waals surface area (Å²) in [6, 6.07) is 9.81. The Kier molecular flexibility index (Phi) is 4.58. The number of anilines is 1. The molecule has 2 aromatic carbocycles. The van der Waals surface area contributed by atoms with Gasteiger partial charge in [0.2, 0.25) is 11.9 Å². The highest BCUT2D eigenvalue weighted by Crippen LogP contribution is 2.34. The highest BCUT2D eigenvalue weighted by molar-refractivity contribution is 5.91. The van der Waals surface area contributed by atoms with Crippen LogP contribution in [0.3, 0.4) is 0 Å². The summed E-state index contributed by atoms with van der Waals surface area (Å²) in [5.74, 6) is 1.87. The summed E-state index contributed by atoms with van der Waals surface area (Å²) in [7, 11) is 1.79. The Balaban J connectivity index is 1.38. The number of carbonyl (C=O) groups excluding carboxylic acids is 1. The Bertz CT molecular complexity index is 1290. The van der Waals surface area contributed by atoms with Gasteiger partial charge in [-0.1, -0.05) is 0 Å². The topological polar surface area (TPSA) is 83.2 Å². The molecule has 0 spiro atoms. The van der Waals surface area contributed by atoms with Gasteiger partial charge in [-0.05, 0) is 31.2 Å². The van der Waals surface area contributed by atoms with Gasteiger partial charge in [-0.2, -0.15) is 0 Å². The van der Waals surface area contributed by atoms with E-state index in [1.165, 1.54) is 12.1 Å². The van der Waals surface area contributed by atoms with Crippen LogP contribution in [0, 0.1) is 12.7 Å². The van der Waals surface area contributed by atoms with Crippen LogP contribution in [-0.2, 0) is 18.4 Å². The highest BCUT2D eigenvalue weighted by Gasteiger charge is 2.19. The monoisotopic (exact) mass is 421 g/mol. The number of hydrogen-bond donors (Lipinski definition) is 1. The van der Waals surface area contributed by atoms with E-state index in [0.717, 1.165) is 22.3 Å². The van der Waals surface area contributed by atoms with Gasteiger partial charge in [0.25, 0.3) is 0 Å². The first-order valence-corrected chi connectivity index (χ1v) is 9.83. The number of imidazole rings is 2. The number of hydrogen-bond acceptors (Lipinski definition) is 5. The molecule has 0 saturated carbocycles. The number of rotatable bonds is 4. The van der Waals surface area contributed by atoms with Crippen LogP contribution < -0.4 is 14.8 Å². The first-order chi connectivity index (χ1) is 15.0. The molecule has 0 saturated heterocycles. The largest absolute Gasteiger partial charge is 0.486 e. The molecule has 3 heterocycles. The molecule has 1 aliphatic rings. The average molecular weight is 421 g/mol. The van der Waals surface area contributed by atoms with Crippen molar-refractivity contribution in [2.75, 3.05) is 18.5 Å². The van der Waals surface area contributed by atoms with Crippen LogP contribution in [0.25, 0.3) is 22.3 Å². The van der Waals surface area contributed by atoms with Crippen LogP contribution in [0.15, 0.2) is 42.6 Å². The number of aromatic nitrogens is 4. The minimum atomic E-state index is -0.305. The Labute approximate surface area is 177 Å². The van der Waals surface area contributed by atoms with E-state index >= 15 is 0 Å². The van der Waals surface area contributed by atoms with Gasteiger partial charge in [0.05, 0.1) is 22.9 Å². The van der Waals surface area contributed by atoms with Crippen molar-refractivity contribution in [2.45, 2.75) is 13.5 Å². The first-order valence-electron chi connectivity index (χ1n) is 9.83. The van der Waals surface area contributed by atoms with E-state index in [9.17, 15) is 9.18 Å². The van der Waals surface area contributed by atoms with Gasteiger partial charge in [0.1, 0.15) is 31.4 Å². The standard InChI is InChI=1S/C22H20FN5O3/c1-13-25-16-9-19-20(31-8-7-30-19)10-17(16)28(13)12-21(29)26-22-24-11-18(27(22)2)14-3-5-15(23)6-4-14/h3-6,9-11H,7-8,12H2,1-2H3,(H,24,26,29). The van der Waals surface area contributed by atoms with Crippen LogP contribution in [0.4, 0.5) is 10.3 Å². The van der Waals surface area contributed by atoms with Gasteiger partial charge in [-0.25, -0.2) is 14.4 Å². The van der Waals surface area contributed by atoms with Crippen molar-refractivity contribution < 1.29 is 18.7 Å². The lowest BCUT2D eigenvalue weighted by atomic mass is 10.2. The predicted molar refractivity (Wildman–Crippen MR) is 113 cm³/mol. The van der Waals surface area contributed by atoms with Crippen LogP contribution >= 0.6 is 0 Å². The molecule has 0 fully saturated rings. The van der Waals surface area contributed by atoms with E-state index in [1.807, 2.05) is 23.6 Å². The molecule has 1 amide bonds. The van der Waals surface area contributed by atoms with E-state index in [4.69, 9.17) is 9.47 Å². The fourth-order valence-corrected chi connectivity index (χ4v) is 3.70. The zero-order valence-corrected chi connectivity index (χ0v) is 17.1. The second kappa shape index (κ2) is 7.42. The van der Waals surface area contributed by atoms with Crippen molar-refractivity contribution in [1.82, 2.24) is 19.1 Å². The molecule has 9 heteroatoms. The molecular weight excluding hydrogens is 401 g/mol. The maximum atomic E-state index is 13.2. The minimum Gasteiger partial charge on any atom is -0.486 e. The van der Waals surface area contributed by atoms with Gasteiger partial charge < -0.3 is 18.6 Å². The second-order valence-corrected chi connectivity index (χ2v) is 7.31. The van der Waals surface area contributed by atoms with Crippen molar-refractivity contribution in [3.05, 3.63) is 54.2 Å². The molecule has 0 bridgehead atoms. The number of carbonyl (C=O) groups is 1. The molecule has 0 radical (unpaired) electrons. The van der Waals surface area contributed by atoms with Crippen LogP contribution in [0.1, 0.15) is 5.82 Å². The SMILES string of the molecule is Cc1nc2cc3c(cc2n1CC(=O)Nc1ncc(-c2ccc(F)cc2)n1C)OCCO3. The zero-order chi connectivity index (χ0) is 21.5. The number of ether oxygens (including phenoxy) is 2. The number of benzene rings is 2. The zero-order valence-electron chi connectivity index (χ0n) is 17.1. The Morgan fingerprint density at radius 2 is 1.87 bits per heavy atom. The number of fused-ring (bicyclic) bond motifs is 2. The van der Waals surface area contributed by atoms with Crippen molar-refractivity contribution in [3.8, 4) is 22.8 Å². The lowest BCUT2D eigenvalue weighted by molar-refractivity contribution is -0.116. The quantitative estimate of drug-likeness (QED) is 0.547. The fourth-order valence-electron chi connectivity index (χ4n) is 3.70. The molecule has 0 aliphatic carbocycles. The third kappa shape index (κ3) is 3.48.